The molecule has 0 heterocycles. The normalized spacial score (nSPS) is 30.4. The van der Waals surface area contributed by atoms with Gasteiger partial charge in [-0.15, -0.1) is 0 Å². The maximum Gasteiger partial charge on any atom is 0.336 e. The number of hydrogen-bond donors (Lipinski definition) is 0. The Morgan fingerprint density at radius 3 is 1.60 bits per heavy atom. The van der Waals surface area contributed by atoms with Crippen LogP contribution in [0.3, 0.4) is 0 Å². The molecule has 0 radical (unpaired) electrons. The van der Waals surface area contributed by atoms with Crippen LogP contribution in [0.4, 0.5) is 4.39 Å². The molecule has 25 heavy (non-hydrogen) atoms. The van der Waals surface area contributed by atoms with Gasteiger partial charge >= 0.3 is 7.60 Å². The van der Waals surface area contributed by atoms with Gasteiger partial charge < -0.3 is 9.05 Å². The lowest BCUT2D eigenvalue weighted by molar-refractivity contribution is 0.119. The van der Waals surface area contributed by atoms with Gasteiger partial charge in [0, 0.05) is 0 Å². The third-order valence-corrected chi connectivity index (χ3v) is 8.90. The van der Waals surface area contributed by atoms with Gasteiger partial charge in [-0.05, 0) is 50.4 Å². The summed E-state index contributed by atoms with van der Waals surface area (Å²) in [6.07, 6.45) is 14.1. The topological polar surface area (TPSA) is 35.5 Å². The highest BCUT2D eigenvalue weighted by atomic mass is 31.2. The minimum absolute atomic E-state index is 0.474. The second-order valence-corrected chi connectivity index (χ2v) is 10.8. The smallest absolute Gasteiger partial charge is 0.308 e. The first-order chi connectivity index (χ1) is 12.2. The zero-order valence-corrected chi connectivity index (χ0v) is 16.6. The van der Waals surface area contributed by atoms with Crippen molar-refractivity contribution in [2.24, 2.45) is 11.8 Å². The summed E-state index contributed by atoms with van der Waals surface area (Å²) >= 11 is 0. The zero-order valence-electron chi connectivity index (χ0n) is 15.7. The number of hydrogen-bond acceptors (Lipinski definition) is 3. The molecule has 146 valence electrons. The van der Waals surface area contributed by atoms with E-state index in [1.165, 1.54) is 38.5 Å². The molecule has 0 N–H and O–H groups in total. The summed E-state index contributed by atoms with van der Waals surface area (Å²) in [5.74, 6) is 0.948. The minimum atomic E-state index is -3.36. The highest BCUT2D eigenvalue weighted by molar-refractivity contribution is 7.54. The Labute approximate surface area is 153 Å². The van der Waals surface area contributed by atoms with E-state index >= 15 is 0 Å². The molecule has 0 saturated heterocycles. The lowest BCUT2D eigenvalue weighted by Crippen LogP contribution is -2.30. The van der Waals surface area contributed by atoms with Crippen molar-refractivity contribution in [1.29, 1.82) is 0 Å². The molecule has 3 rings (SSSR count). The molecule has 3 fully saturated rings. The van der Waals surface area contributed by atoms with E-state index in [2.05, 4.69) is 0 Å². The molecule has 2 unspecified atom stereocenters. The van der Waals surface area contributed by atoms with Crippen LogP contribution in [0.5, 0.6) is 0 Å². The molecular formula is C20H36FO3P. The summed E-state index contributed by atoms with van der Waals surface area (Å²) in [5.41, 5.74) is -0.534. The van der Waals surface area contributed by atoms with Gasteiger partial charge in [0.05, 0.1) is 18.9 Å². The monoisotopic (exact) mass is 374 g/mol. The average Bonchev–Trinajstić information content (AvgIpc) is 2.67. The molecule has 0 aromatic carbocycles. The first-order valence-corrected chi connectivity index (χ1v) is 12.3. The van der Waals surface area contributed by atoms with Crippen LogP contribution in [0, 0.1) is 11.8 Å². The molecule has 0 aliphatic heterocycles. The number of alkyl halides is 1. The van der Waals surface area contributed by atoms with Gasteiger partial charge in [-0.3, -0.25) is 4.57 Å². The molecule has 2 atom stereocenters. The molecule has 3 aliphatic carbocycles. The van der Waals surface area contributed by atoms with Gasteiger partial charge in [0.25, 0.3) is 0 Å². The molecule has 3 nitrogen and oxygen atoms in total. The van der Waals surface area contributed by atoms with Gasteiger partial charge in [0.15, 0.2) is 0 Å². The van der Waals surface area contributed by atoms with E-state index in [1.54, 1.807) is 0 Å². The molecule has 0 aromatic heterocycles. The van der Waals surface area contributed by atoms with Crippen molar-refractivity contribution in [1.82, 2.24) is 0 Å². The van der Waals surface area contributed by atoms with Gasteiger partial charge in [0.1, 0.15) is 6.17 Å². The molecule has 3 saturated carbocycles. The van der Waals surface area contributed by atoms with E-state index in [4.69, 9.17) is 9.05 Å². The van der Waals surface area contributed by atoms with Crippen LogP contribution in [-0.4, -0.2) is 25.0 Å². The van der Waals surface area contributed by atoms with Crippen LogP contribution in [0.15, 0.2) is 0 Å². The molecule has 0 aromatic rings. The van der Waals surface area contributed by atoms with Crippen molar-refractivity contribution in [3.05, 3.63) is 0 Å². The predicted octanol–water partition coefficient (Wildman–Crippen LogP) is 6.65. The maximum atomic E-state index is 14.5. The van der Waals surface area contributed by atoms with Crippen LogP contribution >= 0.6 is 7.60 Å². The fourth-order valence-corrected chi connectivity index (χ4v) is 7.12. The Kier molecular flexibility index (Phi) is 7.82. The Bertz CT molecular complexity index is 407. The van der Waals surface area contributed by atoms with Crippen LogP contribution in [0.1, 0.15) is 89.9 Å². The highest BCUT2D eigenvalue weighted by Gasteiger charge is 2.44. The van der Waals surface area contributed by atoms with Crippen LogP contribution < -0.4 is 0 Å². The molecular weight excluding hydrogens is 338 g/mol. The highest BCUT2D eigenvalue weighted by Crippen LogP contribution is 2.59. The van der Waals surface area contributed by atoms with Crippen molar-refractivity contribution in [2.45, 2.75) is 102 Å². The summed E-state index contributed by atoms with van der Waals surface area (Å²) in [5, 5.41) is 0. The standard InChI is InChI=1S/C20H36FO3P/c21-19-13-7-8-14-20(19)25(22,23-15-17-9-3-1-4-10-17)24-16-18-11-5-2-6-12-18/h17-20H,1-16H2. The lowest BCUT2D eigenvalue weighted by Gasteiger charge is -2.34. The second-order valence-electron chi connectivity index (χ2n) is 8.51. The summed E-state index contributed by atoms with van der Waals surface area (Å²) in [4.78, 5) is 0. The van der Waals surface area contributed by atoms with E-state index < -0.39 is 19.4 Å². The summed E-state index contributed by atoms with van der Waals surface area (Å²) in [6, 6.07) is 0. The van der Waals surface area contributed by atoms with Crippen LogP contribution in [0.25, 0.3) is 0 Å². The summed E-state index contributed by atoms with van der Waals surface area (Å²) in [6.45, 7) is 0.982. The van der Waals surface area contributed by atoms with Gasteiger partial charge in [-0.1, -0.05) is 51.4 Å². The molecule has 0 amide bonds. The third-order valence-electron chi connectivity index (χ3n) is 6.48. The minimum Gasteiger partial charge on any atom is -0.308 e. The van der Waals surface area contributed by atoms with Crippen LogP contribution in [0.2, 0.25) is 0 Å². The van der Waals surface area contributed by atoms with E-state index in [0.29, 0.717) is 37.9 Å². The van der Waals surface area contributed by atoms with Gasteiger partial charge in [-0.2, -0.15) is 0 Å². The number of halogens is 1. The fraction of sp³-hybridized carbons (Fsp3) is 1.00. The number of rotatable bonds is 7. The van der Waals surface area contributed by atoms with Crippen LogP contribution in [-0.2, 0) is 13.6 Å². The van der Waals surface area contributed by atoms with Gasteiger partial charge in [-0.25, -0.2) is 4.39 Å². The fourth-order valence-electron chi connectivity index (χ4n) is 4.78. The van der Waals surface area contributed by atoms with E-state index in [9.17, 15) is 8.96 Å². The Balaban J connectivity index is 1.60. The van der Waals surface area contributed by atoms with Crippen molar-refractivity contribution in [3.63, 3.8) is 0 Å². The Morgan fingerprint density at radius 2 is 1.12 bits per heavy atom. The van der Waals surface area contributed by atoms with Crippen molar-refractivity contribution in [3.8, 4) is 0 Å². The van der Waals surface area contributed by atoms with Crippen molar-refractivity contribution < 1.29 is 18.0 Å². The first kappa shape index (κ1) is 19.8. The van der Waals surface area contributed by atoms with Crippen molar-refractivity contribution >= 4 is 7.60 Å². The molecule has 5 heteroatoms. The Morgan fingerprint density at radius 1 is 0.680 bits per heavy atom. The summed E-state index contributed by atoms with van der Waals surface area (Å²) in [7, 11) is -3.36. The Hall–Kier alpha value is 0.0800. The third kappa shape index (κ3) is 5.78. The largest absolute Gasteiger partial charge is 0.336 e. The second kappa shape index (κ2) is 9.85. The molecule has 3 aliphatic rings. The molecule has 0 spiro atoms. The average molecular weight is 374 g/mol. The lowest BCUT2D eigenvalue weighted by atomic mass is 9.90. The maximum absolute atomic E-state index is 14.5. The van der Waals surface area contributed by atoms with Gasteiger partial charge in [0.2, 0.25) is 0 Å². The quantitative estimate of drug-likeness (QED) is 0.468. The predicted molar refractivity (Wildman–Crippen MR) is 99.8 cm³/mol. The summed E-state index contributed by atoms with van der Waals surface area (Å²) < 4.78 is 40.0. The first-order valence-electron chi connectivity index (χ1n) is 10.7. The van der Waals surface area contributed by atoms with Crippen molar-refractivity contribution in [2.75, 3.05) is 13.2 Å². The molecule has 0 bridgehead atoms. The SMILES string of the molecule is O=P(OCC1CCCCC1)(OCC1CCCCC1)C1CCCCC1F. The zero-order chi connectivity index (χ0) is 17.5. The van der Waals surface area contributed by atoms with E-state index in [1.807, 2.05) is 0 Å². The van der Waals surface area contributed by atoms with E-state index in [0.717, 1.165) is 38.5 Å². The van der Waals surface area contributed by atoms with E-state index in [-0.39, 0.29) is 0 Å².